The maximum absolute atomic E-state index is 14.0. The van der Waals surface area contributed by atoms with E-state index >= 15 is 0 Å². The third-order valence-electron chi connectivity index (χ3n) is 6.72. The van der Waals surface area contributed by atoms with Crippen molar-refractivity contribution in [1.29, 1.82) is 0 Å². The molecule has 214 valence electrons. The van der Waals surface area contributed by atoms with Crippen LogP contribution in [0.15, 0.2) is 77.7 Å². The maximum Gasteiger partial charge on any atom is 0.264 e. The number of anilines is 1. The van der Waals surface area contributed by atoms with Gasteiger partial charge in [-0.2, -0.15) is 0 Å². The van der Waals surface area contributed by atoms with Crippen molar-refractivity contribution in [2.24, 2.45) is 0 Å². The molecule has 8 nitrogen and oxygen atoms in total. The van der Waals surface area contributed by atoms with Crippen molar-refractivity contribution in [2.45, 2.75) is 57.6 Å². The fraction of sp³-hybridized carbons (Fsp3) is 0.333. The molecular weight excluding hydrogens is 550 g/mol. The van der Waals surface area contributed by atoms with E-state index in [0.29, 0.717) is 22.0 Å². The lowest BCUT2D eigenvalue weighted by Crippen LogP contribution is -2.52. The number of hydrogen-bond acceptors (Lipinski definition) is 5. The number of hydrogen-bond donors (Lipinski definition) is 1. The molecule has 0 fully saturated rings. The van der Waals surface area contributed by atoms with Gasteiger partial charge in [0.05, 0.1) is 17.7 Å². The normalized spacial score (nSPS) is 12.8. The van der Waals surface area contributed by atoms with E-state index in [0.717, 1.165) is 16.3 Å². The first-order valence-corrected chi connectivity index (χ1v) is 14.9. The number of nitrogens with zero attached hydrogens (tertiary/aromatic N) is 2. The van der Waals surface area contributed by atoms with Crippen molar-refractivity contribution in [3.8, 4) is 5.75 Å². The molecule has 0 unspecified atom stereocenters. The maximum atomic E-state index is 14.0. The Morgan fingerprint density at radius 1 is 0.975 bits per heavy atom. The third kappa shape index (κ3) is 7.55. The molecule has 2 atom stereocenters. The number of rotatable bonds is 12. The van der Waals surface area contributed by atoms with Gasteiger partial charge in [0.1, 0.15) is 18.3 Å². The molecule has 0 aliphatic rings. The number of amides is 2. The molecule has 3 rings (SSSR count). The van der Waals surface area contributed by atoms with Crippen LogP contribution < -0.4 is 14.4 Å². The van der Waals surface area contributed by atoms with Gasteiger partial charge in [0, 0.05) is 17.6 Å². The second-order valence-corrected chi connectivity index (χ2v) is 11.9. The molecule has 0 saturated heterocycles. The number of carbonyl (C=O) groups excluding carboxylic acids is 2. The zero-order chi connectivity index (χ0) is 29.4. The van der Waals surface area contributed by atoms with Crippen LogP contribution in [0.1, 0.15) is 38.3 Å². The summed E-state index contributed by atoms with van der Waals surface area (Å²) in [7, 11) is -2.67. The molecule has 3 aromatic rings. The Morgan fingerprint density at radius 3 is 2.17 bits per heavy atom. The largest absolute Gasteiger partial charge is 0.497 e. The van der Waals surface area contributed by atoms with Gasteiger partial charge in [0.25, 0.3) is 10.0 Å². The summed E-state index contributed by atoms with van der Waals surface area (Å²) in [5, 5.41) is 3.35. The summed E-state index contributed by atoms with van der Waals surface area (Å²) < 4.78 is 34.0. The number of aryl methyl sites for hydroxylation is 1. The Balaban J connectivity index is 2.03. The third-order valence-corrected chi connectivity index (χ3v) is 8.87. The zero-order valence-corrected chi connectivity index (χ0v) is 25.0. The average Bonchev–Trinajstić information content (AvgIpc) is 2.95. The minimum atomic E-state index is -4.17. The molecule has 0 bridgehead atoms. The van der Waals surface area contributed by atoms with Gasteiger partial charge in [0.15, 0.2) is 0 Å². The average molecular weight is 586 g/mol. The van der Waals surface area contributed by atoms with Crippen LogP contribution in [0, 0.1) is 6.92 Å². The van der Waals surface area contributed by atoms with Gasteiger partial charge < -0.3 is 15.0 Å². The summed E-state index contributed by atoms with van der Waals surface area (Å²) in [4.78, 5) is 28.5. The van der Waals surface area contributed by atoms with Gasteiger partial charge in [-0.05, 0) is 75.2 Å². The smallest absolute Gasteiger partial charge is 0.264 e. The van der Waals surface area contributed by atoms with Crippen LogP contribution in [0.2, 0.25) is 5.02 Å². The second kappa shape index (κ2) is 13.7. The van der Waals surface area contributed by atoms with E-state index in [4.69, 9.17) is 16.3 Å². The first kappa shape index (κ1) is 31.0. The number of benzene rings is 3. The topological polar surface area (TPSA) is 96.0 Å². The predicted molar refractivity (Wildman–Crippen MR) is 158 cm³/mol. The van der Waals surface area contributed by atoms with Crippen LogP contribution in [0.5, 0.6) is 5.75 Å². The van der Waals surface area contributed by atoms with Crippen molar-refractivity contribution in [3.05, 3.63) is 88.9 Å². The number of sulfonamides is 1. The van der Waals surface area contributed by atoms with Gasteiger partial charge in [-0.15, -0.1) is 0 Å². The fourth-order valence-electron chi connectivity index (χ4n) is 3.97. The highest BCUT2D eigenvalue weighted by Crippen LogP contribution is 2.27. The van der Waals surface area contributed by atoms with Crippen LogP contribution in [-0.4, -0.2) is 50.9 Å². The highest BCUT2D eigenvalue weighted by Gasteiger charge is 2.33. The van der Waals surface area contributed by atoms with E-state index in [-0.39, 0.29) is 23.4 Å². The van der Waals surface area contributed by atoms with Crippen LogP contribution >= 0.6 is 11.6 Å². The van der Waals surface area contributed by atoms with Crippen molar-refractivity contribution in [2.75, 3.05) is 18.0 Å². The second-order valence-electron chi connectivity index (χ2n) is 9.63. The zero-order valence-electron chi connectivity index (χ0n) is 23.4. The minimum Gasteiger partial charge on any atom is -0.497 e. The summed E-state index contributed by atoms with van der Waals surface area (Å²) in [6.45, 7) is 6.85. The first-order valence-electron chi connectivity index (χ1n) is 13.0. The summed E-state index contributed by atoms with van der Waals surface area (Å²) in [6.07, 6.45) is 0.720. The molecule has 40 heavy (non-hydrogen) atoms. The van der Waals surface area contributed by atoms with Crippen molar-refractivity contribution >= 4 is 39.1 Å². The number of nitrogens with one attached hydrogen (secondary N) is 1. The van der Waals surface area contributed by atoms with Gasteiger partial charge in [0.2, 0.25) is 11.8 Å². The highest BCUT2D eigenvalue weighted by atomic mass is 35.5. The number of methoxy groups -OCH3 is 1. The van der Waals surface area contributed by atoms with E-state index in [1.54, 1.807) is 67.6 Å². The first-order chi connectivity index (χ1) is 19.0. The standard InChI is InChI=1S/C30H36ClN3O5S/c1-6-22(3)32-30(36)23(4)33(19-24-9-7-8-10-28(24)31)29(35)20-34(25-13-11-21(2)12-14-25)40(37,38)27-17-15-26(39-5)16-18-27/h7-18,22-23H,6,19-20H2,1-5H3,(H,32,36)/t22-,23+/m1/s1. The lowest BCUT2D eigenvalue weighted by molar-refractivity contribution is -0.139. The summed E-state index contributed by atoms with van der Waals surface area (Å²) >= 11 is 6.40. The molecule has 0 aliphatic carbocycles. The van der Waals surface area contributed by atoms with Gasteiger partial charge >= 0.3 is 0 Å². The van der Waals surface area contributed by atoms with E-state index in [1.165, 1.54) is 24.1 Å². The fourth-order valence-corrected chi connectivity index (χ4v) is 5.58. The number of halogens is 1. The van der Waals surface area contributed by atoms with E-state index < -0.39 is 28.5 Å². The van der Waals surface area contributed by atoms with E-state index in [9.17, 15) is 18.0 Å². The Morgan fingerprint density at radius 2 is 1.60 bits per heavy atom. The molecule has 0 aromatic heterocycles. The summed E-state index contributed by atoms with van der Waals surface area (Å²) in [5.74, 6) is -0.386. The van der Waals surface area contributed by atoms with Gasteiger partial charge in [-0.1, -0.05) is 54.4 Å². The number of ether oxygens (including phenoxy) is 1. The Bertz CT molecular complexity index is 1410. The molecule has 10 heteroatoms. The minimum absolute atomic E-state index is 0.00175. The van der Waals surface area contributed by atoms with Crippen LogP contribution in [0.25, 0.3) is 0 Å². The molecule has 0 heterocycles. The van der Waals surface area contributed by atoms with E-state index in [2.05, 4.69) is 5.32 Å². The molecule has 0 saturated carbocycles. The van der Waals surface area contributed by atoms with Gasteiger partial charge in [-0.25, -0.2) is 8.42 Å². The van der Waals surface area contributed by atoms with E-state index in [1.807, 2.05) is 20.8 Å². The quantitative estimate of drug-likeness (QED) is 0.316. The van der Waals surface area contributed by atoms with Crippen molar-refractivity contribution in [1.82, 2.24) is 10.2 Å². The van der Waals surface area contributed by atoms with Crippen LogP contribution in [0.4, 0.5) is 5.69 Å². The SMILES string of the molecule is CC[C@@H](C)NC(=O)[C@H](C)N(Cc1ccccc1Cl)C(=O)CN(c1ccc(C)cc1)S(=O)(=O)c1ccc(OC)cc1. The molecule has 3 aromatic carbocycles. The Labute approximate surface area is 241 Å². The molecular formula is C30H36ClN3O5S. The lowest BCUT2D eigenvalue weighted by atomic mass is 10.1. The lowest BCUT2D eigenvalue weighted by Gasteiger charge is -2.32. The summed E-state index contributed by atoms with van der Waals surface area (Å²) in [5.41, 5.74) is 1.90. The Kier molecular flexibility index (Phi) is 10.6. The van der Waals surface area contributed by atoms with Crippen molar-refractivity contribution < 1.29 is 22.7 Å². The monoisotopic (exact) mass is 585 g/mol. The molecule has 1 N–H and O–H groups in total. The molecule has 0 spiro atoms. The summed E-state index contributed by atoms with van der Waals surface area (Å²) in [6, 6.07) is 18.9. The Hall–Kier alpha value is -3.56. The highest BCUT2D eigenvalue weighted by molar-refractivity contribution is 7.92. The van der Waals surface area contributed by atoms with Crippen LogP contribution in [-0.2, 0) is 26.2 Å². The number of carbonyl (C=O) groups is 2. The molecule has 2 amide bonds. The molecule has 0 aliphatic heterocycles. The molecule has 0 radical (unpaired) electrons. The van der Waals surface area contributed by atoms with Gasteiger partial charge in [-0.3, -0.25) is 13.9 Å². The predicted octanol–water partition coefficient (Wildman–Crippen LogP) is 5.18. The van der Waals surface area contributed by atoms with Crippen LogP contribution in [0.3, 0.4) is 0 Å². The van der Waals surface area contributed by atoms with Crippen molar-refractivity contribution in [3.63, 3.8) is 0 Å².